The lowest BCUT2D eigenvalue weighted by Gasteiger charge is -2.41. The molecule has 1 aliphatic rings. The smallest absolute Gasteiger partial charge is 0.397 e. The van der Waals surface area contributed by atoms with Crippen molar-refractivity contribution in [3.05, 3.63) is 72.9 Å². The van der Waals surface area contributed by atoms with Gasteiger partial charge in [-0.15, -0.1) is 0 Å². The van der Waals surface area contributed by atoms with Crippen LogP contribution in [0.4, 0.5) is 0 Å². The van der Waals surface area contributed by atoms with E-state index in [2.05, 4.69) is 90.9 Å². The molecule has 6 unspecified atom stereocenters. The lowest BCUT2D eigenvalue weighted by atomic mass is 9.99. The molecule has 0 aromatic rings. The predicted molar refractivity (Wildman–Crippen MR) is 294 cm³/mol. The maximum atomic E-state index is 13.0. The second kappa shape index (κ2) is 49.4. The van der Waals surface area contributed by atoms with Crippen molar-refractivity contribution >= 4 is 16.4 Å². The fraction of sp³-hybridized carbons (Fsp3) is 0.780. The first kappa shape index (κ1) is 67.6. The van der Waals surface area contributed by atoms with Crippen LogP contribution in [0.5, 0.6) is 0 Å². The van der Waals surface area contributed by atoms with E-state index < -0.39 is 59.8 Å². The van der Waals surface area contributed by atoms with E-state index in [0.29, 0.717) is 13.0 Å². The third-order valence-corrected chi connectivity index (χ3v) is 13.3. The molecule has 6 atom stereocenters. The number of ether oxygens (including phenoxy) is 4. The van der Waals surface area contributed by atoms with Crippen molar-refractivity contribution in [3.63, 3.8) is 0 Å². The van der Waals surface area contributed by atoms with Crippen LogP contribution < -0.4 is 0 Å². The number of carbonyl (C=O) groups is 1. The topological polar surface area (TPSA) is 178 Å². The van der Waals surface area contributed by atoms with Crippen molar-refractivity contribution in [1.29, 1.82) is 0 Å². The van der Waals surface area contributed by atoms with Crippen molar-refractivity contribution in [2.45, 2.75) is 269 Å². The molecule has 1 rings (SSSR count). The van der Waals surface area contributed by atoms with E-state index in [4.69, 9.17) is 18.9 Å². The first-order chi connectivity index (χ1) is 35.1. The van der Waals surface area contributed by atoms with Crippen molar-refractivity contribution in [1.82, 2.24) is 0 Å². The van der Waals surface area contributed by atoms with Gasteiger partial charge in [-0.25, -0.2) is 4.18 Å². The van der Waals surface area contributed by atoms with Crippen LogP contribution in [0, 0.1) is 0 Å². The highest BCUT2D eigenvalue weighted by Gasteiger charge is 2.48. The number of rotatable bonds is 50. The van der Waals surface area contributed by atoms with Gasteiger partial charge in [0, 0.05) is 13.0 Å². The number of hydrogen-bond acceptors (Lipinski definition) is 11. The SMILES string of the molecule is CC/C=C\C/C=C\C/C=C\C/C=C\CCCCCCCCCCCCCCC(=O)OC(COCCCCCCCCCCCC/C=C\C/C=C\CCCCC)COC1OC(CO)C(O)C(OS(=O)(=O)O)C1O. The zero-order valence-electron chi connectivity index (χ0n) is 45.2. The summed E-state index contributed by atoms with van der Waals surface area (Å²) in [4.78, 5) is 13.0. The van der Waals surface area contributed by atoms with E-state index in [-0.39, 0.29) is 19.6 Å². The van der Waals surface area contributed by atoms with Gasteiger partial charge in [0.1, 0.15) is 30.5 Å². The first-order valence-electron chi connectivity index (χ1n) is 28.7. The van der Waals surface area contributed by atoms with E-state index in [0.717, 1.165) is 77.0 Å². The fourth-order valence-electron chi connectivity index (χ4n) is 8.52. The third kappa shape index (κ3) is 41.8. The normalized spacial score (nSPS) is 19.4. The Hall–Kier alpha value is -2.46. The second-order valence-electron chi connectivity index (χ2n) is 19.5. The van der Waals surface area contributed by atoms with E-state index in [1.54, 1.807) is 0 Å². The third-order valence-electron chi connectivity index (χ3n) is 12.8. The molecule has 1 saturated heterocycles. The van der Waals surface area contributed by atoms with E-state index in [1.807, 2.05) is 0 Å². The molecule has 12 nitrogen and oxygen atoms in total. The van der Waals surface area contributed by atoms with Crippen LogP contribution in [0.1, 0.15) is 232 Å². The predicted octanol–water partition coefficient (Wildman–Crippen LogP) is 14.2. The molecule has 0 aromatic heterocycles. The highest BCUT2D eigenvalue weighted by molar-refractivity contribution is 7.80. The Labute approximate surface area is 439 Å². The molecular formula is C59H104O12S. The molecule has 0 spiro atoms. The highest BCUT2D eigenvalue weighted by Crippen LogP contribution is 2.26. The second-order valence-corrected chi connectivity index (χ2v) is 20.5. The highest BCUT2D eigenvalue weighted by atomic mass is 32.3. The number of aliphatic hydroxyl groups excluding tert-OH is 3. The maximum Gasteiger partial charge on any atom is 0.397 e. The van der Waals surface area contributed by atoms with E-state index in [1.165, 1.54) is 128 Å². The van der Waals surface area contributed by atoms with Crippen molar-refractivity contribution < 1.29 is 56.2 Å². The molecule has 0 amide bonds. The van der Waals surface area contributed by atoms with Gasteiger partial charge in [-0.2, -0.15) is 8.42 Å². The minimum atomic E-state index is -5.07. The standard InChI is InChI=1S/C59H104O12S/c1-3-5-7-9-11-13-15-17-19-21-23-25-26-27-28-29-30-32-34-36-38-40-42-44-46-48-55(61)69-53(52-68-59-57(63)58(71-72(64,65)66)56(62)54(50-60)70-59)51-67-49-47-45-43-41-39-37-35-33-31-24-22-20-18-16-14-12-10-8-6-4-2/h5,7,11-14,17-20,23,25,53-54,56-60,62-63H,3-4,6,8-10,15-16,21-22,24,26-52H2,1-2H3,(H,64,65,66)/b7-5-,13-11-,14-12-,19-17-,20-18-,25-23-. The molecule has 1 fully saturated rings. The number of allylic oxidation sites excluding steroid dienone is 12. The van der Waals surface area contributed by atoms with Gasteiger partial charge in [-0.1, -0.05) is 215 Å². The van der Waals surface area contributed by atoms with Gasteiger partial charge in [-0.05, 0) is 83.5 Å². The Morgan fingerprint density at radius 1 is 0.542 bits per heavy atom. The van der Waals surface area contributed by atoms with Crippen LogP contribution in [0.2, 0.25) is 0 Å². The van der Waals surface area contributed by atoms with Crippen LogP contribution in [0.25, 0.3) is 0 Å². The van der Waals surface area contributed by atoms with Gasteiger partial charge >= 0.3 is 16.4 Å². The molecular weight excluding hydrogens is 933 g/mol. The van der Waals surface area contributed by atoms with Gasteiger partial charge in [0.2, 0.25) is 0 Å². The molecule has 0 radical (unpaired) electrons. The Morgan fingerprint density at radius 3 is 1.40 bits per heavy atom. The lowest BCUT2D eigenvalue weighted by molar-refractivity contribution is -0.301. The molecule has 0 saturated carbocycles. The molecule has 0 aliphatic carbocycles. The van der Waals surface area contributed by atoms with Crippen molar-refractivity contribution in [2.75, 3.05) is 26.4 Å². The monoisotopic (exact) mass is 1040 g/mol. The quantitative estimate of drug-likeness (QED) is 0.0196. The van der Waals surface area contributed by atoms with Crippen molar-refractivity contribution in [2.24, 2.45) is 0 Å². The van der Waals surface area contributed by atoms with Gasteiger partial charge in [0.25, 0.3) is 0 Å². The summed E-state index contributed by atoms with van der Waals surface area (Å²) >= 11 is 0. The van der Waals surface area contributed by atoms with Crippen LogP contribution in [-0.2, 0) is 38.3 Å². The van der Waals surface area contributed by atoms with Gasteiger partial charge < -0.3 is 34.3 Å². The first-order valence-corrected chi connectivity index (χ1v) is 30.1. The van der Waals surface area contributed by atoms with Crippen LogP contribution in [-0.4, -0.2) is 97.5 Å². The number of unbranched alkanes of at least 4 members (excludes halogenated alkanes) is 25. The van der Waals surface area contributed by atoms with Gasteiger partial charge in [-0.3, -0.25) is 9.35 Å². The summed E-state index contributed by atoms with van der Waals surface area (Å²) in [5, 5.41) is 30.8. The van der Waals surface area contributed by atoms with Crippen LogP contribution >= 0.6 is 0 Å². The molecule has 0 bridgehead atoms. The summed E-state index contributed by atoms with van der Waals surface area (Å²) in [7, 11) is -5.07. The molecule has 0 aromatic carbocycles. The zero-order chi connectivity index (χ0) is 52.4. The largest absolute Gasteiger partial charge is 0.457 e. The Morgan fingerprint density at radius 2 is 0.958 bits per heavy atom. The summed E-state index contributed by atoms with van der Waals surface area (Å²) in [5.74, 6) is -0.402. The summed E-state index contributed by atoms with van der Waals surface area (Å²) in [6, 6.07) is 0. The number of aliphatic hydroxyl groups is 3. The summed E-state index contributed by atoms with van der Waals surface area (Å²) < 4.78 is 59.4. The molecule has 72 heavy (non-hydrogen) atoms. The lowest BCUT2D eigenvalue weighted by Crippen LogP contribution is -2.60. The van der Waals surface area contributed by atoms with Crippen LogP contribution in [0.15, 0.2) is 72.9 Å². The fourth-order valence-corrected chi connectivity index (χ4v) is 9.03. The average Bonchev–Trinajstić information content (AvgIpc) is 3.36. The Balaban J connectivity index is 2.30. The molecule has 4 N–H and O–H groups in total. The number of carbonyl (C=O) groups excluding carboxylic acids is 1. The van der Waals surface area contributed by atoms with Crippen LogP contribution in [0.3, 0.4) is 0 Å². The Bertz CT molecular complexity index is 1520. The summed E-state index contributed by atoms with van der Waals surface area (Å²) in [5.41, 5.74) is 0. The van der Waals surface area contributed by atoms with E-state index in [9.17, 15) is 33.1 Å². The zero-order valence-corrected chi connectivity index (χ0v) is 46.0. The molecule has 13 heteroatoms. The molecule has 1 heterocycles. The summed E-state index contributed by atoms with van der Waals surface area (Å²) in [6.45, 7) is 3.87. The summed E-state index contributed by atoms with van der Waals surface area (Å²) in [6.07, 6.45) is 56.4. The van der Waals surface area contributed by atoms with Gasteiger partial charge in [0.05, 0.1) is 19.8 Å². The number of esters is 1. The van der Waals surface area contributed by atoms with Gasteiger partial charge in [0.15, 0.2) is 6.29 Å². The maximum absolute atomic E-state index is 13.0. The Kier molecular flexibility index (Phi) is 46.4. The van der Waals surface area contributed by atoms with Crippen molar-refractivity contribution in [3.8, 4) is 0 Å². The molecule has 418 valence electrons. The average molecular weight is 1040 g/mol. The van der Waals surface area contributed by atoms with E-state index >= 15 is 0 Å². The molecule has 1 aliphatic heterocycles. The minimum Gasteiger partial charge on any atom is -0.457 e. The number of hydrogen-bond donors (Lipinski definition) is 4. The minimum absolute atomic E-state index is 0.0313.